The summed E-state index contributed by atoms with van der Waals surface area (Å²) in [6, 6.07) is 14.3. The summed E-state index contributed by atoms with van der Waals surface area (Å²) >= 11 is 6.29. The minimum absolute atomic E-state index is 0.0981. The first kappa shape index (κ1) is 30.3. The molecule has 3 N–H and O–H groups in total. The van der Waals surface area contributed by atoms with Crippen molar-refractivity contribution in [2.75, 3.05) is 0 Å². The largest absolute Gasteiger partial charge is 0.354 e. The third kappa shape index (κ3) is 6.97. The summed E-state index contributed by atoms with van der Waals surface area (Å²) in [6.45, 7) is 4.39. The van der Waals surface area contributed by atoms with Crippen LogP contribution in [0.1, 0.15) is 81.8 Å². The van der Waals surface area contributed by atoms with Crippen LogP contribution in [0.3, 0.4) is 0 Å². The number of imidazole rings is 1. The molecular weight excluding hydrogens is 575 g/mol. The maximum atomic E-state index is 15.2. The van der Waals surface area contributed by atoms with Crippen LogP contribution in [0.25, 0.3) is 28.0 Å². The average molecular weight is 615 g/mol. The first-order chi connectivity index (χ1) is 21.3. The molecule has 7 nitrogen and oxygen atoms in total. The van der Waals surface area contributed by atoms with Gasteiger partial charge in [-0.05, 0) is 85.9 Å². The van der Waals surface area contributed by atoms with Gasteiger partial charge in [0, 0.05) is 48.0 Å². The van der Waals surface area contributed by atoms with Gasteiger partial charge < -0.3 is 15.3 Å². The van der Waals surface area contributed by atoms with E-state index in [4.69, 9.17) is 11.6 Å². The first-order valence-corrected chi connectivity index (χ1v) is 16.2. The van der Waals surface area contributed by atoms with Crippen molar-refractivity contribution in [3.05, 3.63) is 99.3 Å². The fourth-order valence-electron chi connectivity index (χ4n) is 6.35. The summed E-state index contributed by atoms with van der Waals surface area (Å²) < 4.78 is 16.7. The standard InChI is InChI=1S/C35H40ClFN6O/c1-22(2)6-3-7-23-18-28(33(37)29(36)19-23)31-20-25-21-43(35(44)42-34(25)41-31)27-14-12-24(13-15-27)30-10-4-8-26(40-30)9-5-11-32-38-16-17-39-32/h12-22,26,30,40H,3-11H2,1-2H3,(H,38,39)(H,41,42,44)/t26-,30-/m0/s1. The summed E-state index contributed by atoms with van der Waals surface area (Å²) in [5.74, 6) is 1.18. The van der Waals surface area contributed by atoms with Crippen LogP contribution in [0, 0.1) is 11.7 Å². The number of halogens is 2. The van der Waals surface area contributed by atoms with E-state index in [1.165, 1.54) is 18.4 Å². The number of aromatic amines is 2. The highest BCUT2D eigenvalue weighted by Crippen LogP contribution is 2.32. The Kier molecular flexibility index (Phi) is 9.28. The SMILES string of the molecule is CC(C)CCCc1cc(Cl)c(F)c(-c2cc3cn(-c4ccc([C@@H]5CCC[C@@H](CCCc6ncc[nH]6)N5)cc4)c(=O)nc3[nH]2)c1. The number of H-pyrrole nitrogens is 2. The lowest BCUT2D eigenvalue weighted by Gasteiger charge is -2.31. The number of hydrogen-bond donors (Lipinski definition) is 3. The Hall–Kier alpha value is -3.75. The van der Waals surface area contributed by atoms with Crippen molar-refractivity contribution in [1.82, 2.24) is 29.8 Å². The van der Waals surface area contributed by atoms with Crippen LogP contribution in [-0.2, 0) is 12.8 Å². The monoisotopic (exact) mass is 614 g/mol. The highest BCUT2D eigenvalue weighted by Gasteiger charge is 2.22. The van der Waals surface area contributed by atoms with E-state index in [2.05, 4.69) is 51.2 Å². The molecule has 1 aliphatic heterocycles. The second-order valence-corrected chi connectivity index (χ2v) is 12.9. The minimum atomic E-state index is -0.479. The predicted molar refractivity (Wildman–Crippen MR) is 175 cm³/mol. The first-order valence-electron chi connectivity index (χ1n) is 15.8. The van der Waals surface area contributed by atoms with Crippen molar-refractivity contribution in [2.24, 2.45) is 5.92 Å². The van der Waals surface area contributed by atoms with E-state index >= 15 is 4.39 Å². The van der Waals surface area contributed by atoms with Crippen molar-refractivity contribution in [2.45, 2.75) is 83.7 Å². The van der Waals surface area contributed by atoms with Crippen molar-refractivity contribution in [1.29, 1.82) is 0 Å². The molecule has 0 spiro atoms. The summed E-state index contributed by atoms with van der Waals surface area (Å²) in [6.07, 6.45) is 15.0. The smallest absolute Gasteiger partial charge is 0.349 e. The molecule has 5 aromatic rings. The zero-order chi connectivity index (χ0) is 30.6. The number of aromatic nitrogens is 5. The number of aryl methyl sites for hydroxylation is 2. The summed E-state index contributed by atoms with van der Waals surface area (Å²) in [5.41, 5.74) is 3.91. The van der Waals surface area contributed by atoms with Crippen LogP contribution in [0.5, 0.6) is 0 Å². The highest BCUT2D eigenvalue weighted by molar-refractivity contribution is 6.31. The van der Waals surface area contributed by atoms with Crippen molar-refractivity contribution in [3.63, 3.8) is 0 Å². The second kappa shape index (κ2) is 13.5. The number of rotatable bonds is 11. The lowest BCUT2D eigenvalue weighted by molar-refractivity contribution is 0.307. The Bertz CT molecular complexity index is 1760. The highest BCUT2D eigenvalue weighted by atomic mass is 35.5. The van der Waals surface area contributed by atoms with Gasteiger partial charge in [-0.2, -0.15) is 4.98 Å². The molecule has 1 fully saturated rings. The normalized spacial score (nSPS) is 17.1. The maximum Gasteiger partial charge on any atom is 0.354 e. The molecule has 0 amide bonds. The number of piperidine rings is 1. The predicted octanol–water partition coefficient (Wildman–Crippen LogP) is 8.08. The van der Waals surface area contributed by atoms with Crippen molar-refractivity contribution < 1.29 is 4.39 Å². The van der Waals surface area contributed by atoms with Crippen molar-refractivity contribution in [3.8, 4) is 16.9 Å². The van der Waals surface area contributed by atoms with E-state index in [-0.39, 0.29) is 5.02 Å². The van der Waals surface area contributed by atoms with Crippen LogP contribution >= 0.6 is 11.6 Å². The number of fused-ring (bicyclic) bond motifs is 1. The Morgan fingerprint density at radius 1 is 1.09 bits per heavy atom. The summed E-state index contributed by atoms with van der Waals surface area (Å²) in [4.78, 5) is 28.0. The summed E-state index contributed by atoms with van der Waals surface area (Å²) in [7, 11) is 0. The molecule has 0 aliphatic carbocycles. The third-order valence-corrected chi connectivity index (χ3v) is 8.99. The number of nitrogens with one attached hydrogen (secondary N) is 3. The zero-order valence-electron chi connectivity index (χ0n) is 25.4. The zero-order valence-corrected chi connectivity index (χ0v) is 26.1. The number of benzene rings is 2. The molecule has 44 heavy (non-hydrogen) atoms. The van der Waals surface area contributed by atoms with E-state index in [9.17, 15) is 4.79 Å². The van der Waals surface area contributed by atoms with E-state index in [1.807, 2.05) is 30.5 Å². The van der Waals surface area contributed by atoms with Gasteiger partial charge in [0.05, 0.1) is 16.4 Å². The molecule has 3 aromatic heterocycles. The van der Waals surface area contributed by atoms with Gasteiger partial charge in [-0.25, -0.2) is 14.2 Å². The van der Waals surface area contributed by atoms with Gasteiger partial charge >= 0.3 is 5.69 Å². The van der Waals surface area contributed by atoms with Crippen LogP contribution in [0.4, 0.5) is 4.39 Å². The molecule has 1 aliphatic rings. The van der Waals surface area contributed by atoms with Crippen molar-refractivity contribution >= 4 is 22.6 Å². The van der Waals surface area contributed by atoms with E-state index in [0.717, 1.165) is 67.4 Å². The molecule has 0 bridgehead atoms. The lowest BCUT2D eigenvalue weighted by Crippen LogP contribution is -2.36. The minimum Gasteiger partial charge on any atom is -0.349 e. The molecule has 9 heteroatoms. The fraction of sp³-hybridized carbons (Fsp3) is 0.400. The van der Waals surface area contributed by atoms with Gasteiger partial charge in [0.15, 0.2) is 5.82 Å². The molecule has 0 unspecified atom stereocenters. The number of hydrogen-bond acceptors (Lipinski definition) is 4. The van der Waals surface area contributed by atoms with Crippen LogP contribution < -0.4 is 11.0 Å². The molecule has 6 rings (SSSR count). The molecule has 4 heterocycles. The van der Waals surface area contributed by atoms with Crippen LogP contribution in [0.15, 0.2) is 65.8 Å². The molecule has 2 aromatic carbocycles. The Morgan fingerprint density at radius 2 is 1.93 bits per heavy atom. The van der Waals surface area contributed by atoms with Crippen LogP contribution in [0.2, 0.25) is 5.02 Å². The Balaban J connectivity index is 1.17. The van der Waals surface area contributed by atoms with E-state index < -0.39 is 11.5 Å². The molecule has 2 atom stereocenters. The Labute approximate surface area is 262 Å². The van der Waals surface area contributed by atoms with E-state index in [1.54, 1.807) is 23.0 Å². The fourth-order valence-corrected chi connectivity index (χ4v) is 6.59. The van der Waals surface area contributed by atoms with Crippen LogP contribution in [-0.4, -0.2) is 30.5 Å². The molecule has 230 valence electrons. The summed E-state index contributed by atoms with van der Waals surface area (Å²) in [5, 5.41) is 4.65. The van der Waals surface area contributed by atoms with Gasteiger partial charge in [-0.15, -0.1) is 0 Å². The van der Waals surface area contributed by atoms with E-state index in [0.29, 0.717) is 34.9 Å². The topological polar surface area (TPSA) is 91.4 Å². The van der Waals surface area contributed by atoms with Gasteiger partial charge in [0.2, 0.25) is 0 Å². The Morgan fingerprint density at radius 3 is 2.70 bits per heavy atom. The molecule has 1 saturated heterocycles. The molecular formula is C35H40ClFN6O. The second-order valence-electron chi connectivity index (χ2n) is 12.5. The van der Waals surface area contributed by atoms with Gasteiger partial charge in [-0.1, -0.05) is 50.4 Å². The third-order valence-electron chi connectivity index (χ3n) is 8.71. The molecule has 0 radical (unpaired) electrons. The van der Waals surface area contributed by atoms with Gasteiger partial charge in [0.25, 0.3) is 0 Å². The number of nitrogens with zero attached hydrogens (tertiary/aromatic N) is 3. The lowest BCUT2D eigenvalue weighted by atomic mass is 9.91. The van der Waals surface area contributed by atoms with Gasteiger partial charge in [0.1, 0.15) is 11.5 Å². The van der Waals surface area contributed by atoms with Gasteiger partial charge in [-0.3, -0.25) is 4.57 Å². The molecule has 0 saturated carbocycles. The maximum absolute atomic E-state index is 15.2. The average Bonchev–Trinajstić information content (AvgIpc) is 3.68. The quantitative estimate of drug-likeness (QED) is 0.140.